The van der Waals surface area contributed by atoms with E-state index < -0.39 is 0 Å². The number of nitrogens with zero attached hydrogens (tertiary/aromatic N) is 10. The molecule has 0 spiro atoms. The van der Waals surface area contributed by atoms with Crippen molar-refractivity contribution >= 4 is 46.4 Å². The number of fused-ring (bicyclic) bond motifs is 8. The van der Waals surface area contributed by atoms with Crippen LogP contribution in [0.15, 0.2) is 219 Å². The summed E-state index contributed by atoms with van der Waals surface area (Å²) in [6.45, 7) is 3.99. The number of aryl methyl sites for hydroxylation is 2. The van der Waals surface area contributed by atoms with Crippen molar-refractivity contribution in [2.45, 2.75) is 39.3 Å². The topological polar surface area (TPSA) is 123 Å². The molecule has 8 bridgehead atoms. The summed E-state index contributed by atoms with van der Waals surface area (Å²) in [6.07, 6.45) is 24.4. The first-order valence-corrected chi connectivity index (χ1v) is 27.7. The lowest BCUT2D eigenvalue weighted by molar-refractivity contribution is -0.671. The molecule has 2 N–H and O–H groups in total. The molecule has 0 radical (unpaired) electrons. The minimum Gasteiger partial charge on any atom is -1.00 e. The van der Waals surface area contributed by atoms with Gasteiger partial charge in [0, 0.05) is 133 Å². The van der Waals surface area contributed by atoms with Gasteiger partial charge in [-0.25, -0.2) is 19.1 Å². The molecular weight excluding hydrogens is 1080 g/mol. The SMILES string of the molecule is C[n+]1ccc(-c2c3nc(c(-c4cccc(CN(Cc5ccccn5)Cc5ccccn5)c4)c4ccc([nH]4)c(-c4cccc(CN(Cc5ccccn5)Cc5ccccn5)c4)c4nc(c(-c5cc[n+](C)cc5)c5ccc2[nH]5)C=C4)C=C3)cc1.[Cl-].[Cl-]. The summed E-state index contributed by atoms with van der Waals surface area (Å²) in [5, 5.41) is 0. The van der Waals surface area contributed by atoms with E-state index in [9.17, 15) is 0 Å². The van der Waals surface area contributed by atoms with Gasteiger partial charge in [-0.2, -0.15) is 0 Å². The predicted octanol–water partition coefficient (Wildman–Crippen LogP) is 6.97. The van der Waals surface area contributed by atoms with E-state index in [-0.39, 0.29) is 24.8 Å². The molecule has 0 saturated carbocycles. The van der Waals surface area contributed by atoms with Crippen molar-refractivity contribution in [1.82, 2.24) is 49.7 Å². The molecule has 12 nitrogen and oxygen atoms in total. The van der Waals surface area contributed by atoms with Gasteiger partial charge in [0.15, 0.2) is 24.8 Å². The Bertz CT molecular complexity index is 3950. The summed E-state index contributed by atoms with van der Waals surface area (Å²) in [5.74, 6) is 0. The van der Waals surface area contributed by atoms with Gasteiger partial charge in [0.2, 0.25) is 0 Å². The number of nitrogens with one attached hydrogen (secondary N) is 2. The summed E-state index contributed by atoms with van der Waals surface area (Å²) in [5.41, 5.74) is 21.6. The van der Waals surface area contributed by atoms with E-state index in [2.05, 4.69) is 199 Å². The fourth-order valence-corrected chi connectivity index (χ4v) is 11.1. The van der Waals surface area contributed by atoms with E-state index in [0.717, 1.165) is 123 Å². The third-order valence-corrected chi connectivity index (χ3v) is 15.0. The maximum absolute atomic E-state index is 5.63. The molecule has 11 heterocycles. The van der Waals surface area contributed by atoms with Gasteiger partial charge in [0.25, 0.3) is 0 Å². The van der Waals surface area contributed by atoms with Gasteiger partial charge in [-0.05, 0) is 143 Å². The van der Waals surface area contributed by atoms with E-state index in [1.54, 1.807) is 0 Å². The standard InChI is InChI=1S/C70H59N12.2ClH/c1-79-37-29-51(30-38-79)67-59-21-22-60(75-59)68(52-31-39-80(2)40-32-52)62-24-26-64(77-62)70(54-16-12-14-50(42-54)44-82(47-57-19-5-9-35-73-57)48-58-20-6-10-36-74-58)66-28-27-65(78-66)69(63-25-23-61(67)76-63)53-15-11-13-49(41-53)43-81(45-55-17-3-7-33-71-55)46-56-18-4-8-34-72-56;;/h3-42H,43-48H2,1-2H3,(H,75,76,77,78);2*1H/q+1;;/p-1. The van der Waals surface area contributed by atoms with Crippen LogP contribution in [0.5, 0.6) is 0 Å². The fraction of sp³-hybridized carbons (Fsp3) is 0.114. The second kappa shape index (κ2) is 25.7. The lowest BCUT2D eigenvalue weighted by atomic mass is 10.0. The Morgan fingerprint density at radius 1 is 0.333 bits per heavy atom. The third-order valence-electron chi connectivity index (χ3n) is 15.0. The van der Waals surface area contributed by atoms with Crippen LogP contribution in [0.3, 0.4) is 0 Å². The Morgan fingerprint density at radius 3 is 0.940 bits per heavy atom. The zero-order chi connectivity index (χ0) is 55.2. The van der Waals surface area contributed by atoms with Gasteiger partial charge < -0.3 is 34.8 Å². The van der Waals surface area contributed by atoms with Crippen molar-refractivity contribution in [2.75, 3.05) is 0 Å². The van der Waals surface area contributed by atoms with Crippen molar-refractivity contribution in [3.05, 3.63) is 276 Å². The van der Waals surface area contributed by atoms with Crippen LogP contribution >= 0.6 is 0 Å². The Labute approximate surface area is 501 Å². The highest BCUT2D eigenvalue weighted by Crippen LogP contribution is 2.39. The molecule has 13 rings (SSSR count). The normalized spacial score (nSPS) is 11.7. The minimum absolute atomic E-state index is 0. The Hall–Kier alpha value is -9.56. The van der Waals surface area contributed by atoms with E-state index in [1.165, 1.54) is 0 Å². The van der Waals surface area contributed by atoms with Crippen LogP contribution in [-0.2, 0) is 53.4 Å². The number of hydrogen-bond donors (Lipinski definition) is 2. The minimum atomic E-state index is 0. The summed E-state index contributed by atoms with van der Waals surface area (Å²) in [7, 11) is 4.09. The van der Waals surface area contributed by atoms with Crippen molar-refractivity contribution in [3.63, 3.8) is 0 Å². The first-order chi connectivity index (χ1) is 40.4. The number of hydrogen-bond acceptors (Lipinski definition) is 8. The number of pyridine rings is 6. The number of rotatable bonds is 16. The lowest BCUT2D eigenvalue weighted by Crippen LogP contribution is -3.00. The molecule has 0 saturated heterocycles. The van der Waals surface area contributed by atoms with Gasteiger partial charge in [0.05, 0.1) is 45.6 Å². The van der Waals surface area contributed by atoms with Crippen LogP contribution in [0.1, 0.15) is 56.7 Å². The van der Waals surface area contributed by atoms with Crippen LogP contribution < -0.4 is 33.9 Å². The van der Waals surface area contributed by atoms with Gasteiger partial charge in [-0.1, -0.05) is 60.7 Å². The van der Waals surface area contributed by atoms with E-state index >= 15 is 0 Å². The Balaban J connectivity index is 0.00000368. The largest absolute Gasteiger partial charge is 1.00 e. The molecule has 2 aliphatic heterocycles. The second-order valence-corrected chi connectivity index (χ2v) is 21.0. The molecule has 0 unspecified atom stereocenters. The van der Waals surface area contributed by atoms with Gasteiger partial charge in [-0.15, -0.1) is 0 Å². The quantitative estimate of drug-likeness (QED) is 0.0997. The summed E-state index contributed by atoms with van der Waals surface area (Å²) < 4.78 is 4.12. The van der Waals surface area contributed by atoms with E-state index in [0.29, 0.717) is 39.3 Å². The molecule has 14 heteroatoms. The number of H-pyrrole nitrogens is 2. The van der Waals surface area contributed by atoms with Gasteiger partial charge in [-0.3, -0.25) is 29.7 Å². The average Bonchev–Trinajstić information content (AvgIpc) is 4.45. The van der Waals surface area contributed by atoms with Crippen LogP contribution in [0.25, 0.3) is 90.9 Å². The third kappa shape index (κ3) is 12.7. The molecule has 2 aliphatic rings. The van der Waals surface area contributed by atoms with Crippen molar-refractivity contribution in [3.8, 4) is 44.5 Å². The molecule has 0 fully saturated rings. The van der Waals surface area contributed by atoms with E-state index in [1.807, 2.05) is 87.4 Å². The highest BCUT2D eigenvalue weighted by atomic mass is 35.5. The molecule has 0 aliphatic carbocycles. The summed E-state index contributed by atoms with van der Waals surface area (Å²) in [4.78, 5) is 42.9. The first-order valence-electron chi connectivity index (χ1n) is 27.7. The first kappa shape index (κ1) is 56.3. The number of benzene rings is 2. The summed E-state index contributed by atoms with van der Waals surface area (Å²) >= 11 is 0. The Morgan fingerprint density at radius 2 is 0.643 bits per heavy atom. The van der Waals surface area contributed by atoms with Crippen LogP contribution in [-0.4, -0.2) is 49.7 Å². The van der Waals surface area contributed by atoms with Crippen molar-refractivity contribution in [1.29, 1.82) is 0 Å². The van der Waals surface area contributed by atoms with Crippen LogP contribution in [0.4, 0.5) is 0 Å². The second-order valence-electron chi connectivity index (χ2n) is 21.0. The fourth-order valence-electron chi connectivity index (χ4n) is 11.1. The Kier molecular flexibility index (Phi) is 17.2. The number of halogens is 2. The van der Waals surface area contributed by atoms with Crippen molar-refractivity contribution in [2.24, 2.45) is 14.1 Å². The van der Waals surface area contributed by atoms with Crippen molar-refractivity contribution < 1.29 is 33.9 Å². The monoisotopic (exact) mass is 1140 g/mol. The molecular formula is C70H60Cl2N12. The average molecular weight is 1140 g/mol. The maximum Gasteiger partial charge on any atom is 0.169 e. The molecule has 9 aromatic heterocycles. The predicted molar refractivity (Wildman–Crippen MR) is 326 cm³/mol. The zero-order valence-electron chi connectivity index (χ0n) is 46.6. The maximum atomic E-state index is 5.63. The molecule has 0 amide bonds. The summed E-state index contributed by atoms with van der Waals surface area (Å²) in [6, 6.07) is 59.6. The molecule has 11 aromatic rings. The highest BCUT2D eigenvalue weighted by molar-refractivity contribution is 5.99. The highest BCUT2D eigenvalue weighted by Gasteiger charge is 2.21. The van der Waals surface area contributed by atoms with Crippen LogP contribution in [0, 0.1) is 0 Å². The smallest absolute Gasteiger partial charge is 0.169 e. The molecule has 414 valence electrons. The molecule has 84 heavy (non-hydrogen) atoms. The van der Waals surface area contributed by atoms with Gasteiger partial charge in [0.1, 0.15) is 14.1 Å². The van der Waals surface area contributed by atoms with Gasteiger partial charge >= 0.3 is 0 Å². The number of aromatic nitrogens is 10. The van der Waals surface area contributed by atoms with Crippen LogP contribution in [0.2, 0.25) is 0 Å². The zero-order valence-corrected chi connectivity index (χ0v) is 48.1. The lowest BCUT2D eigenvalue weighted by Gasteiger charge is -2.22. The number of aromatic amines is 2. The molecule has 0 atom stereocenters. The van der Waals surface area contributed by atoms with E-state index in [4.69, 9.17) is 29.9 Å². The molecule has 2 aromatic carbocycles.